The van der Waals surface area contributed by atoms with Gasteiger partial charge in [-0.2, -0.15) is 0 Å². The minimum atomic E-state index is -0.420. The molecule has 0 fully saturated rings. The van der Waals surface area contributed by atoms with Gasteiger partial charge in [0.1, 0.15) is 6.61 Å². The number of benzene rings is 2. The van der Waals surface area contributed by atoms with Crippen molar-refractivity contribution in [2.75, 3.05) is 13.2 Å². The molecule has 0 amide bonds. The van der Waals surface area contributed by atoms with Crippen LogP contribution < -0.4 is 9.47 Å². The van der Waals surface area contributed by atoms with Crippen LogP contribution in [0.1, 0.15) is 89.8 Å². The highest BCUT2D eigenvalue weighted by molar-refractivity contribution is 6.06. The lowest BCUT2D eigenvalue weighted by Gasteiger charge is -2.49. The van der Waals surface area contributed by atoms with Crippen molar-refractivity contribution in [2.45, 2.75) is 86.2 Å². The van der Waals surface area contributed by atoms with Gasteiger partial charge in [0.2, 0.25) is 0 Å². The van der Waals surface area contributed by atoms with Gasteiger partial charge in [-0.15, -0.1) is 6.58 Å². The van der Waals surface area contributed by atoms with E-state index in [1.54, 1.807) is 0 Å². The number of Topliss-reactive ketones (excluding diaryl/α,β-unsaturated/α-hetero) is 2. The number of ketones is 2. The molecule has 0 saturated heterocycles. The zero-order valence-electron chi connectivity index (χ0n) is 26.1. The van der Waals surface area contributed by atoms with Crippen LogP contribution in [0.15, 0.2) is 77.7 Å². The van der Waals surface area contributed by atoms with Crippen molar-refractivity contribution in [3.63, 3.8) is 0 Å². The Hall–Kier alpha value is -3.60. The number of nitrogens with zero attached hydrogens (tertiary/aromatic N) is 1. The smallest absolute Gasteiger partial charge is 0.165 e. The molecule has 5 heteroatoms. The van der Waals surface area contributed by atoms with Crippen molar-refractivity contribution in [3.8, 4) is 11.5 Å². The third-order valence-electron chi connectivity index (χ3n) is 8.72. The highest BCUT2D eigenvalue weighted by atomic mass is 16.5. The van der Waals surface area contributed by atoms with Crippen molar-refractivity contribution in [1.82, 2.24) is 4.90 Å². The number of ether oxygens (including phenoxy) is 2. The quantitative estimate of drug-likeness (QED) is 0.287. The van der Waals surface area contributed by atoms with E-state index in [-0.39, 0.29) is 22.4 Å². The van der Waals surface area contributed by atoms with Crippen LogP contribution in [0.5, 0.6) is 11.5 Å². The molecule has 0 atom stereocenters. The summed E-state index contributed by atoms with van der Waals surface area (Å²) < 4.78 is 12.6. The van der Waals surface area contributed by atoms with Gasteiger partial charge in [0.15, 0.2) is 23.1 Å². The maximum atomic E-state index is 14.1. The Balaban J connectivity index is 1.71. The van der Waals surface area contributed by atoms with Gasteiger partial charge in [0.05, 0.1) is 6.61 Å². The van der Waals surface area contributed by atoms with Gasteiger partial charge in [-0.25, -0.2) is 0 Å². The minimum Gasteiger partial charge on any atom is -0.490 e. The molecular formula is C37H45NO4. The zero-order valence-corrected chi connectivity index (χ0v) is 26.1. The fraction of sp³-hybridized carbons (Fsp3) is 0.459. The van der Waals surface area contributed by atoms with Crippen LogP contribution >= 0.6 is 0 Å². The summed E-state index contributed by atoms with van der Waals surface area (Å²) in [5, 5.41) is 0. The van der Waals surface area contributed by atoms with Gasteiger partial charge in [-0.05, 0) is 61.1 Å². The topological polar surface area (TPSA) is 55.8 Å². The second-order valence-electron chi connectivity index (χ2n) is 13.5. The molecule has 0 radical (unpaired) electrons. The molecule has 2 aliphatic carbocycles. The van der Waals surface area contributed by atoms with Gasteiger partial charge in [-0.1, -0.05) is 70.2 Å². The molecule has 5 rings (SSSR count). The first-order valence-corrected chi connectivity index (χ1v) is 15.4. The van der Waals surface area contributed by atoms with Crippen LogP contribution in [0.4, 0.5) is 0 Å². The maximum Gasteiger partial charge on any atom is 0.165 e. The summed E-state index contributed by atoms with van der Waals surface area (Å²) in [6.07, 6.45) is 4.99. The maximum absolute atomic E-state index is 14.1. The molecule has 0 aromatic heterocycles. The predicted molar refractivity (Wildman–Crippen MR) is 168 cm³/mol. The highest BCUT2D eigenvalue weighted by Crippen LogP contribution is 2.55. The standard InChI is InChI=1S/C37H45NO4/c1-8-14-25-17-26(18-31(41-10-3)35(25)42-23-24-15-12-11-13-16-24)32-33-27(19-36(4,5)21-29(33)39)38(9-2)28-20-37(6,7)22-30(40)34(28)32/h8,11-13,15-18,32H,1,9-10,14,19-23H2,2-7H3. The lowest BCUT2D eigenvalue weighted by molar-refractivity contribution is -0.119. The molecule has 0 saturated carbocycles. The molecule has 5 nitrogen and oxygen atoms in total. The van der Waals surface area contributed by atoms with E-state index in [0.29, 0.717) is 44.0 Å². The van der Waals surface area contributed by atoms with Crippen LogP contribution in [0.2, 0.25) is 0 Å². The average molecular weight is 568 g/mol. The normalized spacial score (nSPS) is 19.9. The number of rotatable bonds is 9. The van der Waals surface area contributed by atoms with Gasteiger partial charge in [0.25, 0.3) is 0 Å². The zero-order chi connectivity index (χ0) is 30.2. The summed E-state index contributed by atoms with van der Waals surface area (Å²) in [7, 11) is 0. The first kappa shape index (κ1) is 29.9. The summed E-state index contributed by atoms with van der Waals surface area (Å²) in [6, 6.07) is 14.2. The molecule has 1 heterocycles. The van der Waals surface area contributed by atoms with Gasteiger partial charge in [0, 0.05) is 53.4 Å². The average Bonchev–Trinajstić information content (AvgIpc) is 2.91. The highest BCUT2D eigenvalue weighted by Gasteiger charge is 2.48. The SMILES string of the molecule is C=CCc1cc(C2C3=C(CC(C)(C)CC3=O)N(CC)C3=C2C(=O)CC(C)(C)C3)cc(OCC)c1OCc1ccccc1. The lowest BCUT2D eigenvalue weighted by Crippen LogP contribution is -2.44. The minimum absolute atomic E-state index is 0.139. The van der Waals surface area contributed by atoms with Crippen LogP contribution in [0, 0.1) is 10.8 Å². The van der Waals surface area contributed by atoms with Gasteiger partial charge < -0.3 is 14.4 Å². The molecule has 1 aliphatic heterocycles. The van der Waals surface area contributed by atoms with E-state index in [0.717, 1.165) is 58.6 Å². The Morgan fingerprint density at radius 2 is 1.48 bits per heavy atom. The molecule has 2 aromatic carbocycles. The molecule has 0 N–H and O–H groups in total. The number of allylic oxidation sites excluding steroid dienone is 5. The Morgan fingerprint density at radius 1 is 0.881 bits per heavy atom. The molecule has 42 heavy (non-hydrogen) atoms. The van der Waals surface area contributed by atoms with E-state index in [4.69, 9.17) is 9.47 Å². The van der Waals surface area contributed by atoms with Crippen molar-refractivity contribution < 1.29 is 19.1 Å². The third kappa shape index (κ3) is 5.71. The van der Waals surface area contributed by atoms with E-state index in [2.05, 4.69) is 52.2 Å². The van der Waals surface area contributed by atoms with Crippen molar-refractivity contribution >= 4 is 11.6 Å². The van der Waals surface area contributed by atoms with Crippen molar-refractivity contribution in [2.24, 2.45) is 10.8 Å². The fourth-order valence-electron chi connectivity index (χ4n) is 7.08. The Bertz CT molecular complexity index is 1410. The lowest BCUT2D eigenvalue weighted by atomic mass is 9.63. The van der Waals surface area contributed by atoms with Crippen molar-refractivity contribution in [1.29, 1.82) is 0 Å². The van der Waals surface area contributed by atoms with E-state index < -0.39 is 5.92 Å². The summed E-state index contributed by atoms with van der Waals surface area (Å²) in [5.74, 6) is 1.18. The predicted octanol–water partition coefficient (Wildman–Crippen LogP) is 8.10. The summed E-state index contributed by atoms with van der Waals surface area (Å²) in [5.41, 5.74) is 6.38. The first-order chi connectivity index (χ1) is 20.0. The van der Waals surface area contributed by atoms with Crippen LogP contribution in [0.25, 0.3) is 0 Å². The van der Waals surface area contributed by atoms with E-state index in [1.807, 2.05) is 49.4 Å². The number of carbonyl (C=O) groups excluding carboxylic acids is 2. The summed E-state index contributed by atoms with van der Waals surface area (Å²) in [4.78, 5) is 30.4. The summed E-state index contributed by atoms with van der Waals surface area (Å²) in [6.45, 7) is 18.4. The first-order valence-electron chi connectivity index (χ1n) is 15.4. The molecule has 0 unspecified atom stereocenters. The molecule has 0 spiro atoms. The Kier molecular flexibility index (Phi) is 8.24. The number of carbonyl (C=O) groups is 2. The second kappa shape index (κ2) is 11.6. The van der Waals surface area contributed by atoms with Crippen LogP contribution in [-0.2, 0) is 22.6 Å². The summed E-state index contributed by atoms with van der Waals surface area (Å²) >= 11 is 0. The largest absolute Gasteiger partial charge is 0.490 e. The Labute approximate surface area is 251 Å². The van der Waals surface area contributed by atoms with Gasteiger partial charge in [-0.3, -0.25) is 9.59 Å². The molecule has 0 bridgehead atoms. The third-order valence-corrected chi connectivity index (χ3v) is 8.72. The van der Waals surface area contributed by atoms with E-state index in [9.17, 15) is 9.59 Å². The monoisotopic (exact) mass is 567 g/mol. The number of hydrogen-bond acceptors (Lipinski definition) is 5. The van der Waals surface area contributed by atoms with Crippen LogP contribution in [0.3, 0.4) is 0 Å². The Morgan fingerprint density at radius 3 is 2.00 bits per heavy atom. The molecular weight excluding hydrogens is 522 g/mol. The second-order valence-corrected chi connectivity index (χ2v) is 13.5. The fourth-order valence-corrected chi connectivity index (χ4v) is 7.08. The van der Waals surface area contributed by atoms with Crippen LogP contribution in [-0.4, -0.2) is 29.6 Å². The number of hydrogen-bond donors (Lipinski definition) is 0. The molecule has 222 valence electrons. The molecule has 3 aliphatic rings. The van der Waals surface area contributed by atoms with E-state index in [1.165, 1.54) is 0 Å². The van der Waals surface area contributed by atoms with E-state index >= 15 is 0 Å². The molecule has 2 aromatic rings. The van der Waals surface area contributed by atoms with Gasteiger partial charge >= 0.3 is 0 Å². The van der Waals surface area contributed by atoms with Crippen molar-refractivity contribution in [3.05, 3.63) is 94.4 Å².